The van der Waals surface area contributed by atoms with Crippen molar-refractivity contribution in [2.75, 3.05) is 5.75 Å². The molecule has 4 aliphatic carbocycles. The van der Waals surface area contributed by atoms with Gasteiger partial charge in [0, 0.05) is 4.75 Å². The molecule has 0 saturated heterocycles. The average molecular weight is 238 g/mol. The van der Waals surface area contributed by atoms with Gasteiger partial charge in [0.05, 0.1) is 0 Å². The van der Waals surface area contributed by atoms with Crippen LogP contribution in [0.5, 0.6) is 0 Å². The van der Waals surface area contributed by atoms with Crippen molar-refractivity contribution in [3.05, 3.63) is 0 Å². The van der Waals surface area contributed by atoms with Gasteiger partial charge in [-0.15, -0.1) is 0 Å². The third kappa shape index (κ3) is 2.17. The van der Waals surface area contributed by atoms with Crippen LogP contribution >= 0.6 is 11.8 Å². The molecule has 4 bridgehead atoms. The van der Waals surface area contributed by atoms with E-state index >= 15 is 0 Å². The summed E-state index contributed by atoms with van der Waals surface area (Å²) < 4.78 is 0.766. The van der Waals surface area contributed by atoms with Crippen LogP contribution in [0.4, 0.5) is 0 Å². The van der Waals surface area contributed by atoms with Gasteiger partial charge in [-0.2, -0.15) is 11.8 Å². The van der Waals surface area contributed by atoms with Crippen LogP contribution in [0.15, 0.2) is 0 Å². The van der Waals surface area contributed by atoms with E-state index < -0.39 is 0 Å². The molecule has 0 heterocycles. The fourth-order valence-corrected chi connectivity index (χ4v) is 6.69. The molecule has 0 unspecified atom stereocenters. The van der Waals surface area contributed by atoms with Crippen LogP contribution in [-0.4, -0.2) is 10.5 Å². The van der Waals surface area contributed by atoms with Gasteiger partial charge in [-0.05, 0) is 68.5 Å². The minimum absolute atomic E-state index is 0.766. The van der Waals surface area contributed by atoms with Gasteiger partial charge < -0.3 is 0 Å². The van der Waals surface area contributed by atoms with E-state index in [1.54, 1.807) is 38.5 Å². The summed E-state index contributed by atoms with van der Waals surface area (Å²) in [6.45, 7) is 2.31. The van der Waals surface area contributed by atoms with E-state index in [2.05, 4.69) is 18.7 Å². The van der Waals surface area contributed by atoms with E-state index in [9.17, 15) is 0 Å². The number of thioether (sulfide) groups is 1. The highest BCUT2D eigenvalue weighted by molar-refractivity contribution is 8.00. The Labute approximate surface area is 105 Å². The van der Waals surface area contributed by atoms with E-state index in [0.717, 1.165) is 22.5 Å². The first-order valence-electron chi connectivity index (χ1n) is 7.43. The third-order valence-electron chi connectivity index (χ3n) is 5.14. The van der Waals surface area contributed by atoms with Gasteiger partial charge in [0.2, 0.25) is 0 Å². The Bertz CT molecular complexity index is 211. The fraction of sp³-hybridized carbons (Fsp3) is 1.00. The Hall–Kier alpha value is 0.350. The van der Waals surface area contributed by atoms with E-state index in [-0.39, 0.29) is 0 Å². The molecule has 92 valence electrons. The molecule has 0 aromatic rings. The maximum absolute atomic E-state index is 2.37. The van der Waals surface area contributed by atoms with Gasteiger partial charge in [0.25, 0.3) is 0 Å². The zero-order valence-electron chi connectivity index (χ0n) is 10.7. The van der Waals surface area contributed by atoms with Crippen LogP contribution in [0.3, 0.4) is 0 Å². The summed E-state index contributed by atoms with van der Waals surface area (Å²) in [7, 11) is 0. The average Bonchev–Trinajstić information content (AvgIpc) is 2.22. The Morgan fingerprint density at radius 2 is 1.50 bits per heavy atom. The molecule has 0 nitrogen and oxygen atoms in total. The molecule has 4 saturated carbocycles. The van der Waals surface area contributed by atoms with Gasteiger partial charge in [-0.25, -0.2) is 0 Å². The summed E-state index contributed by atoms with van der Waals surface area (Å²) >= 11 is 2.37. The lowest BCUT2D eigenvalue weighted by Gasteiger charge is -2.56. The second-order valence-corrected chi connectivity index (χ2v) is 8.22. The first kappa shape index (κ1) is 11.4. The van der Waals surface area contributed by atoms with Crippen LogP contribution in [0.2, 0.25) is 0 Å². The summed E-state index contributed by atoms with van der Waals surface area (Å²) in [4.78, 5) is 0. The Balaban J connectivity index is 1.56. The number of rotatable bonds is 5. The molecule has 0 amide bonds. The van der Waals surface area contributed by atoms with Crippen LogP contribution in [0.25, 0.3) is 0 Å². The van der Waals surface area contributed by atoms with Gasteiger partial charge >= 0.3 is 0 Å². The minimum Gasteiger partial charge on any atom is -0.155 e. The zero-order valence-corrected chi connectivity index (χ0v) is 11.5. The molecule has 0 aliphatic heterocycles. The molecule has 0 aromatic carbocycles. The van der Waals surface area contributed by atoms with Gasteiger partial charge in [0.15, 0.2) is 0 Å². The predicted octanol–water partition coefficient (Wildman–Crippen LogP) is 4.88. The molecule has 0 spiro atoms. The smallest absolute Gasteiger partial charge is 0.0168 e. The van der Waals surface area contributed by atoms with E-state index in [0.29, 0.717) is 0 Å². The third-order valence-corrected chi connectivity index (χ3v) is 6.74. The van der Waals surface area contributed by atoms with Crippen molar-refractivity contribution in [2.45, 2.75) is 69.5 Å². The summed E-state index contributed by atoms with van der Waals surface area (Å²) in [5.74, 6) is 4.83. The molecule has 0 N–H and O–H groups in total. The predicted molar refractivity (Wildman–Crippen MR) is 72.9 cm³/mol. The lowest BCUT2D eigenvalue weighted by molar-refractivity contribution is 0.0383. The second-order valence-electron chi connectivity index (χ2n) is 6.66. The molecule has 0 aromatic heterocycles. The molecular formula is C15H26S. The topological polar surface area (TPSA) is 0 Å². The first-order chi connectivity index (χ1) is 7.80. The summed E-state index contributed by atoms with van der Waals surface area (Å²) in [6, 6.07) is 0. The highest BCUT2D eigenvalue weighted by Gasteiger charge is 2.50. The number of unbranched alkanes of at least 4 members (excludes halogenated alkanes) is 2. The Kier molecular flexibility index (Phi) is 3.26. The lowest BCUT2D eigenvalue weighted by atomic mass is 9.56. The maximum atomic E-state index is 2.37. The SMILES string of the molecule is CCCCCSC12CC3CC(CC(C3)C1)C2. The van der Waals surface area contributed by atoms with E-state index in [4.69, 9.17) is 0 Å². The molecule has 0 atom stereocenters. The van der Waals surface area contributed by atoms with Crippen molar-refractivity contribution in [3.8, 4) is 0 Å². The van der Waals surface area contributed by atoms with E-state index in [1.807, 2.05) is 0 Å². The molecular weight excluding hydrogens is 212 g/mol. The van der Waals surface area contributed by atoms with Crippen LogP contribution in [-0.2, 0) is 0 Å². The normalized spacial score (nSPS) is 45.2. The van der Waals surface area contributed by atoms with Crippen LogP contribution < -0.4 is 0 Å². The highest BCUT2D eigenvalue weighted by Crippen LogP contribution is 2.60. The van der Waals surface area contributed by atoms with Crippen molar-refractivity contribution in [3.63, 3.8) is 0 Å². The van der Waals surface area contributed by atoms with Crippen molar-refractivity contribution < 1.29 is 0 Å². The van der Waals surface area contributed by atoms with Gasteiger partial charge in [0.1, 0.15) is 0 Å². The molecule has 1 heteroatoms. The highest BCUT2D eigenvalue weighted by atomic mass is 32.2. The number of hydrogen-bond donors (Lipinski definition) is 0. The standard InChI is InChI=1S/C15H26S/c1-2-3-4-5-16-15-9-12-6-13(10-15)8-14(7-12)11-15/h12-14H,2-11H2,1H3. The molecule has 4 rings (SSSR count). The summed E-state index contributed by atoms with van der Waals surface area (Å²) in [5, 5.41) is 0. The minimum atomic E-state index is 0.766. The van der Waals surface area contributed by atoms with Crippen molar-refractivity contribution >= 4 is 11.8 Å². The quantitative estimate of drug-likeness (QED) is 0.615. The lowest BCUT2D eigenvalue weighted by Crippen LogP contribution is -2.48. The molecule has 16 heavy (non-hydrogen) atoms. The van der Waals surface area contributed by atoms with Gasteiger partial charge in [-0.3, -0.25) is 0 Å². The fourth-order valence-electron chi connectivity index (χ4n) is 4.85. The Morgan fingerprint density at radius 1 is 0.938 bits per heavy atom. The Morgan fingerprint density at radius 3 is 2.00 bits per heavy atom. The van der Waals surface area contributed by atoms with Crippen molar-refractivity contribution in [2.24, 2.45) is 17.8 Å². The molecule has 4 fully saturated rings. The zero-order chi connectivity index (χ0) is 11.0. The summed E-state index contributed by atoms with van der Waals surface area (Å²) in [6.07, 6.45) is 13.8. The van der Waals surface area contributed by atoms with Crippen LogP contribution in [0.1, 0.15) is 64.7 Å². The molecule has 0 radical (unpaired) electrons. The van der Waals surface area contributed by atoms with Crippen LogP contribution in [0, 0.1) is 17.8 Å². The van der Waals surface area contributed by atoms with E-state index in [1.165, 1.54) is 25.0 Å². The van der Waals surface area contributed by atoms with Gasteiger partial charge in [-0.1, -0.05) is 19.8 Å². The maximum Gasteiger partial charge on any atom is 0.0168 e. The van der Waals surface area contributed by atoms with Crippen molar-refractivity contribution in [1.82, 2.24) is 0 Å². The summed E-state index contributed by atoms with van der Waals surface area (Å²) in [5.41, 5.74) is 0. The molecule has 4 aliphatic rings. The first-order valence-corrected chi connectivity index (χ1v) is 8.42. The number of hydrogen-bond acceptors (Lipinski definition) is 1. The largest absolute Gasteiger partial charge is 0.155 e. The second kappa shape index (κ2) is 4.55. The monoisotopic (exact) mass is 238 g/mol. The van der Waals surface area contributed by atoms with Crippen molar-refractivity contribution in [1.29, 1.82) is 0 Å².